The van der Waals surface area contributed by atoms with E-state index < -0.39 is 73.2 Å². The second-order valence-corrected chi connectivity index (χ2v) is 6.11. The minimum Gasteiger partial charge on any atom is -0.542 e. The Morgan fingerprint density at radius 1 is 0.349 bits per heavy atom. The van der Waals surface area contributed by atoms with Gasteiger partial charge in [-0.3, -0.25) is 0 Å². The van der Waals surface area contributed by atoms with Crippen molar-refractivity contribution < 1.29 is 135 Å². The van der Waals surface area contributed by atoms with Gasteiger partial charge in [0.1, 0.15) is 11.9 Å². The number of carboxylic acids is 2. The Labute approximate surface area is 246 Å². The number of alkyl halides is 22. The quantitative estimate of drug-likeness (QED) is 0.223. The second kappa shape index (κ2) is 13.5. The monoisotopic (exact) mass is 730 g/mol. The third-order valence-electron chi connectivity index (χ3n) is 2.84. The second-order valence-electron chi connectivity index (χ2n) is 6.11. The fraction of sp³-hybridized carbons (Fsp3) is 0.833. The van der Waals surface area contributed by atoms with Gasteiger partial charge in [-0.05, 0) is 0 Å². The molecule has 0 rings (SSSR count). The predicted molar refractivity (Wildman–Crippen MR) is 71.8 cm³/mol. The van der Waals surface area contributed by atoms with Gasteiger partial charge in [0.15, 0.2) is 0 Å². The Bertz CT molecular complexity index is 883. The molecule has 0 heterocycles. The SMILES string of the molecule is O=C([O-])C(F)(F)OC(F)(F)C(F)(F)OC(F)(F)C(F)(F)F.O=C([O-])C(F)(F)OC(F)(F)C(F)(F)OC(F)(F)C(F)(F)F.[Ca+2]. The maximum atomic E-state index is 12.4. The van der Waals surface area contributed by atoms with E-state index in [-0.39, 0.29) is 37.7 Å². The van der Waals surface area contributed by atoms with Crippen LogP contribution < -0.4 is 10.2 Å². The Kier molecular flexibility index (Phi) is 14.4. The zero-order chi connectivity index (χ0) is 35.0. The Hall–Kier alpha value is -1.50. The normalized spacial score (nSPS) is 14.8. The molecule has 0 bridgehead atoms. The van der Waals surface area contributed by atoms with E-state index in [9.17, 15) is 116 Å². The molecule has 31 heteroatoms. The van der Waals surface area contributed by atoms with Crippen LogP contribution in [-0.2, 0) is 28.5 Å². The number of halogens is 22. The van der Waals surface area contributed by atoms with Gasteiger partial charge in [0.2, 0.25) is 0 Å². The Morgan fingerprint density at radius 3 is 0.651 bits per heavy atom. The van der Waals surface area contributed by atoms with Crippen LogP contribution >= 0.6 is 0 Å². The van der Waals surface area contributed by atoms with E-state index in [2.05, 4.69) is 0 Å². The van der Waals surface area contributed by atoms with Crippen LogP contribution in [-0.4, -0.2) is 111 Å². The average molecular weight is 730 g/mol. The first-order valence-electron chi connectivity index (χ1n) is 8.11. The van der Waals surface area contributed by atoms with Crippen LogP contribution in [0.4, 0.5) is 96.6 Å². The van der Waals surface area contributed by atoms with Gasteiger partial charge in [-0.25, -0.2) is 18.9 Å². The van der Waals surface area contributed by atoms with E-state index in [4.69, 9.17) is 0 Å². The zero-order valence-electron chi connectivity index (χ0n) is 18.3. The molecule has 43 heavy (non-hydrogen) atoms. The minimum atomic E-state index is -6.97. The molecule has 0 saturated heterocycles. The van der Waals surface area contributed by atoms with E-state index in [0.29, 0.717) is 0 Å². The number of aliphatic carboxylic acids is 2. The molecule has 0 N–H and O–H groups in total. The van der Waals surface area contributed by atoms with Crippen LogP contribution in [0.5, 0.6) is 0 Å². The summed E-state index contributed by atoms with van der Waals surface area (Å²) in [6.45, 7) is 0. The summed E-state index contributed by atoms with van der Waals surface area (Å²) in [4.78, 5) is 19.1. The molecule has 8 nitrogen and oxygen atoms in total. The van der Waals surface area contributed by atoms with E-state index in [1.807, 2.05) is 0 Å². The fourth-order valence-corrected chi connectivity index (χ4v) is 1.08. The molecule has 0 aliphatic rings. The van der Waals surface area contributed by atoms with Crippen molar-refractivity contribution in [1.29, 1.82) is 0 Å². The molecule has 0 amide bonds. The predicted octanol–water partition coefficient (Wildman–Crippen LogP) is 3.03. The summed E-state index contributed by atoms with van der Waals surface area (Å²) >= 11 is 0. The number of carbonyl (C=O) groups is 2. The molecule has 0 aliphatic heterocycles. The molecule has 0 aliphatic carbocycles. The number of carboxylic acid groups (broad SMARTS) is 2. The number of rotatable bonds is 12. The van der Waals surface area contributed by atoms with Gasteiger partial charge in [0.25, 0.3) is 0 Å². The molecular weight excluding hydrogens is 730 g/mol. The molecule has 0 aromatic carbocycles. The van der Waals surface area contributed by atoms with Crippen molar-refractivity contribution in [3.05, 3.63) is 0 Å². The summed E-state index contributed by atoms with van der Waals surface area (Å²) in [5.41, 5.74) is 0. The number of ether oxygens (including phenoxy) is 4. The van der Waals surface area contributed by atoms with Gasteiger partial charge in [0.05, 0.1) is 0 Å². The van der Waals surface area contributed by atoms with Crippen molar-refractivity contribution in [2.75, 3.05) is 0 Å². The maximum absolute atomic E-state index is 12.4. The first-order chi connectivity index (χ1) is 17.7. The van der Waals surface area contributed by atoms with Crippen molar-refractivity contribution in [1.82, 2.24) is 0 Å². The average Bonchev–Trinajstić information content (AvgIpc) is 2.62. The fourth-order valence-electron chi connectivity index (χ4n) is 1.08. The smallest absolute Gasteiger partial charge is 0.542 e. The first-order valence-corrected chi connectivity index (χ1v) is 8.11. The molecule has 0 fully saturated rings. The Balaban J connectivity index is -0.000000727. The molecule has 0 aromatic rings. The van der Waals surface area contributed by atoms with Crippen LogP contribution in [0.3, 0.4) is 0 Å². The van der Waals surface area contributed by atoms with Crippen LogP contribution in [0.15, 0.2) is 0 Å². The van der Waals surface area contributed by atoms with Crippen molar-refractivity contribution >= 4 is 49.7 Å². The van der Waals surface area contributed by atoms with Crippen LogP contribution in [0.1, 0.15) is 0 Å². The van der Waals surface area contributed by atoms with Crippen LogP contribution in [0.2, 0.25) is 0 Å². The summed E-state index contributed by atoms with van der Waals surface area (Å²) < 4.78 is 271. The Morgan fingerprint density at radius 2 is 0.512 bits per heavy atom. The van der Waals surface area contributed by atoms with E-state index in [1.54, 1.807) is 9.47 Å². The van der Waals surface area contributed by atoms with Gasteiger partial charge < -0.3 is 19.8 Å². The van der Waals surface area contributed by atoms with Gasteiger partial charge >= 0.3 is 99.0 Å². The summed E-state index contributed by atoms with van der Waals surface area (Å²) in [6.07, 6.45) is -67.5. The van der Waals surface area contributed by atoms with Crippen molar-refractivity contribution in [2.24, 2.45) is 0 Å². The topological polar surface area (TPSA) is 117 Å². The first kappa shape index (κ1) is 45.9. The molecule has 0 atom stereocenters. The maximum Gasteiger partial charge on any atom is 2.00 e. The van der Waals surface area contributed by atoms with E-state index in [1.165, 1.54) is 9.47 Å². The number of hydrogen-bond donors (Lipinski definition) is 0. The van der Waals surface area contributed by atoms with Crippen molar-refractivity contribution in [3.8, 4) is 0 Å². The minimum absolute atomic E-state index is 0. The third-order valence-corrected chi connectivity index (χ3v) is 2.84. The van der Waals surface area contributed by atoms with Gasteiger partial charge in [-0.15, -0.1) is 0 Å². The molecule has 0 spiro atoms. The third kappa shape index (κ3) is 12.1. The largest absolute Gasteiger partial charge is 2.00 e. The molecular formula is C12CaF22O8. The number of carbonyl (C=O) groups excluding carboxylic acids is 2. The van der Waals surface area contributed by atoms with Gasteiger partial charge in [-0.2, -0.15) is 96.6 Å². The summed E-state index contributed by atoms with van der Waals surface area (Å²) in [5, 5.41) is 19.1. The molecule has 0 radical (unpaired) electrons. The molecule has 0 saturated carbocycles. The van der Waals surface area contributed by atoms with Gasteiger partial charge in [-0.1, -0.05) is 0 Å². The van der Waals surface area contributed by atoms with Crippen LogP contribution in [0, 0.1) is 0 Å². The standard InChI is InChI=1S/2C6HF11O4.Ca/c2*7-2(8,1(18)19)20-5(14,15)6(16,17)21-4(12,13)3(9,10)11;/h2*(H,18,19);/q;;+2/p-2. The summed E-state index contributed by atoms with van der Waals surface area (Å²) in [6, 6.07) is 0. The van der Waals surface area contributed by atoms with Crippen LogP contribution in [0.25, 0.3) is 0 Å². The molecule has 252 valence electrons. The van der Waals surface area contributed by atoms with Gasteiger partial charge in [0, 0.05) is 0 Å². The number of hydrogen-bond acceptors (Lipinski definition) is 8. The van der Waals surface area contributed by atoms with E-state index in [0.717, 1.165) is 0 Å². The van der Waals surface area contributed by atoms with Crippen molar-refractivity contribution in [3.63, 3.8) is 0 Å². The zero-order valence-corrected chi connectivity index (χ0v) is 20.5. The molecule has 0 unspecified atom stereocenters. The van der Waals surface area contributed by atoms with Crippen molar-refractivity contribution in [2.45, 2.75) is 61.2 Å². The summed E-state index contributed by atoms with van der Waals surface area (Å²) in [5.74, 6) is -7.58. The summed E-state index contributed by atoms with van der Waals surface area (Å²) in [7, 11) is 0. The van der Waals surface area contributed by atoms with E-state index >= 15 is 0 Å². The molecule has 0 aromatic heterocycles.